The fourth-order valence-electron chi connectivity index (χ4n) is 1.68. The van der Waals surface area contributed by atoms with Gasteiger partial charge in [-0.25, -0.2) is 0 Å². The summed E-state index contributed by atoms with van der Waals surface area (Å²) in [5.74, 6) is 0. The van der Waals surface area contributed by atoms with E-state index in [0.717, 1.165) is 35.5 Å². The van der Waals surface area contributed by atoms with E-state index in [1.54, 1.807) is 0 Å². The third-order valence-corrected chi connectivity index (χ3v) is 2.54. The number of rotatable bonds is 4. The maximum atomic E-state index is 8.87. The van der Waals surface area contributed by atoms with E-state index in [9.17, 15) is 0 Å². The van der Waals surface area contributed by atoms with Crippen molar-refractivity contribution >= 4 is 5.69 Å². The molecule has 0 saturated carbocycles. The average molecular weight is 214 g/mol. The van der Waals surface area contributed by atoms with Gasteiger partial charge in [0.05, 0.1) is 11.6 Å². The Bertz CT molecular complexity index is 427. The lowest BCUT2D eigenvalue weighted by molar-refractivity contribution is 0.879. The summed E-state index contributed by atoms with van der Waals surface area (Å²) >= 11 is 0. The molecule has 0 radical (unpaired) electrons. The summed E-state index contributed by atoms with van der Waals surface area (Å²) in [6.45, 7) is 11.9. The molecular formula is C14H18N2. The molecule has 16 heavy (non-hydrogen) atoms. The molecule has 0 amide bonds. The average Bonchev–Trinajstić information content (AvgIpc) is 2.25. The molecule has 1 aromatic carbocycles. The second kappa shape index (κ2) is 5.37. The molecule has 0 aliphatic heterocycles. The van der Waals surface area contributed by atoms with E-state index in [-0.39, 0.29) is 0 Å². The molecule has 84 valence electrons. The van der Waals surface area contributed by atoms with Crippen LogP contribution in [0.2, 0.25) is 0 Å². The molecule has 0 atom stereocenters. The van der Waals surface area contributed by atoms with Gasteiger partial charge in [0.15, 0.2) is 0 Å². The highest BCUT2D eigenvalue weighted by Crippen LogP contribution is 2.19. The van der Waals surface area contributed by atoms with Gasteiger partial charge in [-0.2, -0.15) is 5.26 Å². The molecular weight excluding hydrogens is 196 g/mol. The number of hydrogen-bond donors (Lipinski definition) is 0. The Kier molecular flexibility index (Phi) is 4.13. The van der Waals surface area contributed by atoms with E-state index in [0.29, 0.717) is 0 Å². The zero-order valence-electron chi connectivity index (χ0n) is 10.2. The first kappa shape index (κ1) is 12.3. The van der Waals surface area contributed by atoms with Gasteiger partial charge in [0.2, 0.25) is 0 Å². The lowest BCUT2D eigenvalue weighted by Crippen LogP contribution is -2.24. The molecule has 2 heteroatoms. The van der Waals surface area contributed by atoms with Crippen LogP contribution in [0.1, 0.15) is 25.0 Å². The van der Waals surface area contributed by atoms with Crippen LogP contribution >= 0.6 is 0 Å². The Labute approximate surface area is 97.8 Å². The molecule has 0 aliphatic carbocycles. The zero-order chi connectivity index (χ0) is 12.1. The van der Waals surface area contributed by atoms with Crippen molar-refractivity contribution in [2.45, 2.75) is 20.8 Å². The van der Waals surface area contributed by atoms with E-state index in [1.165, 1.54) is 0 Å². The number of likely N-dealkylation sites (N-methyl/N-ethyl adjacent to an activating group) is 1. The number of nitrogens with zero attached hydrogens (tertiary/aromatic N) is 2. The van der Waals surface area contributed by atoms with Crippen LogP contribution in [-0.4, -0.2) is 13.1 Å². The third-order valence-electron chi connectivity index (χ3n) is 2.54. The van der Waals surface area contributed by atoms with Gasteiger partial charge in [-0.15, -0.1) is 0 Å². The largest absolute Gasteiger partial charge is 0.368 e. The van der Waals surface area contributed by atoms with Crippen molar-refractivity contribution in [1.29, 1.82) is 5.26 Å². The monoisotopic (exact) mass is 214 g/mol. The second-order valence-electron chi connectivity index (χ2n) is 4.08. The number of hydrogen-bond acceptors (Lipinski definition) is 2. The number of anilines is 1. The summed E-state index contributed by atoms with van der Waals surface area (Å²) in [4.78, 5) is 2.25. The van der Waals surface area contributed by atoms with Gasteiger partial charge in [-0.05, 0) is 44.5 Å². The Hall–Kier alpha value is -1.75. The lowest BCUT2D eigenvalue weighted by Gasteiger charge is -2.23. The summed E-state index contributed by atoms with van der Waals surface area (Å²) in [7, 11) is 0. The van der Waals surface area contributed by atoms with E-state index in [2.05, 4.69) is 30.5 Å². The molecule has 0 aromatic heterocycles. The number of aryl methyl sites for hydroxylation is 1. The maximum Gasteiger partial charge on any atom is 0.0994 e. The highest BCUT2D eigenvalue weighted by Gasteiger charge is 2.06. The molecule has 0 fully saturated rings. The molecule has 2 nitrogen and oxygen atoms in total. The summed E-state index contributed by atoms with van der Waals surface area (Å²) in [6, 6.07) is 8.12. The van der Waals surface area contributed by atoms with Gasteiger partial charge in [0.25, 0.3) is 0 Å². The van der Waals surface area contributed by atoms with Crippen LogP contribution in [0.15, 0.2) is 30.4 Å². The van der Waals surface area contributed by atoms with Crippen molar-refractivity contribution in [3.05, 3.63) is 41.5 Å². The predicted octanol–water partition coefficient (Wildman–Crippen LogP) is 3.27. The molecule has 0 saturated heterocycles. The van der Waals surface area contributed by atoms with Crippen LogP contribution in [0.4, 0.5) is 5.69 Å². The van der Waals surface area contributed by atoms with E-state index in [1.807, 2.05) is 26.0 Å². The van der Waals surface area contributed by atoms with Crippen molar-refractivity contribution in [1.82, 2.24) is 0 Å². The summed E-state index contributed by atoms with van der Waals surface area (Å²) in [6.07, 6.45) is 0. The minimum atomic E-state index is 0.745. The third kappa shape index (κ3) is 2.87. The van der Waals surface area contributed by atoms with Crippen LogP contribution in [0.5, 0.6) is 0 Å². The van der Waals surface area contributed by atoms with Crippen molar-refractivity contribution in [3.63, 3.8) is 0 Å². The molecule has 0 N–H and O–H groups in total. The Morgan fingerprint density at radius 1 is 1.50 bits per heavy atom. The Balaban J connectivity index is 2.99. The van der Waals surface area contributed by atoms with Crippen molar-refractivity contribution in [2.24, 2.45) is 0 Å². The fraction of sp³-hybridized carbons (Fsp3) is 0.357. The van der Waals surface area contributed by atoms with Gasteiger partial charge in [-0.3, -0.25) is 0 Å². The maximum absolute atomic E-state index is 8.87. The molecule has 0 unspecified atom stereocenters. The molecule has 0 aliphatic rings. The van der Waals surface area contributed by atoms with Crippen LogP contribution in [-0.2, 0) is 0 Å². The smallest absolute Gasteiger partial charge is 0.0994 e. The molecule has 1 rings (SSSR count). The summed E-state index contributed by atoms with van der Waals surface area (Å²) < 4.78 is 0. The minimum absolute atomic E-state index is 0.745. The fourth-order valence-corrected chi connectivity index (χ4v) is 1.68. The van der Waals surface area contributed by atoms with Gasteiger partial charge in [-0.1, -0.05) is 12.2 Å². The van der Waals surface area contributed by atoms with Gasteiger partial charge in [0.1, 0.15) is 0 Å². The summed E-state index contributed by atoms with van der Waals surface area (Å²) in [5, 5.41) is 8.87. The predicted molar refractivity (Wildman–Crippen MR) is 68.6 cm³/mol. The minimum Gasteiger partial charge on any atom is -0.368 e. The second-order valence-corrected chi connectivity index (χ2v) is 4.08. The van der Waals surface area contributed by atoms with E-state index >= 15 is 0 Å². The van der Waals surface area contributed by atoms with Crippen molar-refractivity contribution < 1.29 is 0 Å². The first-order chi connectivity index (χ1) is 7.58. The quantitative estimate of drug-likeness (QED) is 0.719. The Morgan fingerprint density at radius 3 is 2.62 bits per heavy atom. The number of benzene rings is 1. The topological polar surface area (TPSA) is 27.0 Å². The number of nitriles is 1. The van der Waals surface area contributed by atoms with Gasteiger partial charge >= 0.3 is 0 Å². The van der Waals surface area contributed by atoms with Crippen LogP contribution in [0.25, 0.3) is 0 Å². The highest BCUT2D eigenvalue weighted by molar-refractivity contribution is 5.54. The van der Waals surface area contributed by atoms with E-state index in [4.69, 9.17) is 5.26 Å². The first-order valence-electron chi connectivity index (χ1n) is 5.48. The molecule has 1 aromatic rings. The first-order valence-corrected chi connectivity index (χ1v) is 5.48. The van der Waals surface area contributed by atoms with E-state index < -0.39 is 0 Å². The van der Waals surface area contributed by atoms with Crippen molar-refractivity contribution in [2.75, 3.05) is 18.0 Å². The lowest BCUT2D eigenvalue weighted by atomic mass is 10.1. The highest BCUT2D eigenvalue weighted by atomic mass is 15.1. The standard InChI is InChI=1S/C14H18N2/c1-5-16(10-11(2)3)14-7-6-13(9-15)12(4)8-14/h6-8H,2,5,10H2,1,3-4H3. The SMILES string of the molecule is C=C(C)CN(CC)c1ccc(C#N)c(C)c1. The van der Waals surface area contributed by atoms with Gasteiger partial charge < -0.3 is 4.90 Å². The van der Waals surface area contributed by atoms with Crippen LogP contribution in [0.3, 0.4) is 0 Å². The molecule has 0 bridgehead atoms. The molecule has 0 spiro atoms. The molecule has 0 heterocycles. The Morgan fingerprint density at radius 2 is 2.19 bits per heavy atom. The van der Waals surface area contributed by atoms with Crippen LogP contribution in [0, 0.1) is 18.3 Å². The summed E-state index contributed by atoms with van der Waals surface area (Å²) in [5.41, 5.74) is 4.07. The van der Waals surface area contributed by atoms with Crippen molar-refractivity contribution in [3.8, 4) is 6.07 Å². The van der Waals surface area contributed by atoms with Crippen LogP contribution < -0.4 is 4.90 Å². The van der Waals surface area contributed by atoms with Gasteiger partial charge in [0, 0.05) is 18.8 Å². The normalized spacial score (nSPS) is 9.62. The zero-order valence-corrected chi connectivity index (χ0v) is 10.2.